The minimum absolute atomic E-state index is 0.118. The van der Waals surface area contributed by atoms with Gasteiger partial charge in [-0.3, -0.25) is 0 Å². The van der Waals surface area contributed by atoms with E-state index >= 15 is 0 Å². The summed E-state index contributed by atoms with van der Waals surface area (Å²) in [5, 5.41) is 9.37. The number of hydrogen-bond acceptors (Lipinski definition) is 3. The maximum absolute atomic E-state index is 9.37. The lowest BCUT2D eigenvalue weighted by atomic mass is 9.85. The van der Waals surface area contributed by atoms with Crippen LogP contribution in [0, 0.1) is 0 Å². The third-order valence-electron chi connectivity index (χ3n) is 3.07. The highest BCUT2D eigenvalue weighted by Crippen LogP contribution is 2.27. The van der Waals surface area contributed by atoms with Crippen molar-refractivity contribution in [2.45, 2.75) is 39.0 Å². The standard InChI is InChI=1S/C14H19NO2/c1-9(2)13-15-11-7-10(14(3,4)8-16)5-6-12(11)17-13/h5-7,9,16H,8H2,1-4H3. The van der Waals surface area contributed by atoms with Crippen molar-refractivity contribution in [3.63, 3.8) is 0 Å². The van der Waals surface area contributed by atoms with Crippen LogP contribution in [0.3, 0.4) is 0 Å². The zero-order valence-electron chi connectivity index (χ0n) is 10.8. The average molecular weight is 233 g/mol. The molecule has 0 radical (unpaired) electrons. The number of aromatic nitrogens is 1. The van der Waals surface area contributed by atoms with Gasteiger partial charge in [0.05, 0.1) is 6.61 Å². The van der Waals surface area contributed by atoms with Gasteiger partial charge in [-0.1, -0.05) is 33.8 Å². The van der Waals surface area contributed by atoms with E-state index in [9.17, 15) is 5.11 Å². The van der Waals surface area contributed by atoms with Crippen LogP contribution in [0.4, 0.5) is 0 Å². The molecule has 3 nitrogen and oxygen atoms in total. The smallest absolute Gasteiger partial charge is 0.198 e. The summed E-state index contributed by atoms with van der Waals surface area (Å²) in [7, 11) is 0. The Morgan fingerprint density at radius 3 is 2.65 bits per heavy atom. The first-order chi connectivity index (χ1) is 7.94. The molecule has 0 unspecified atom stereocenters. The van der Waals surface area contributed by atoms with Crippen molar-refractivity contribution in [2.24, 2.45) is 0 Å². The lowest BCUT2D eigenvalue weighted by Crippen LogP contribution is -2.21. The Morgan fingerprint density at radius 1 is 1.35 bits per heavy atom. The van der Waals surface area contributed by atoms with Crippen molar-refractivity contribution in [3.8, 4) is 0 Å². The van der Waals surface area contributed by atoms with Crippen molar-refractivity contribution in [2.75, 3.05) is 6.61 Å². The van der Waals surface area contributed by atoms with Gasteiger partial charge in [-0.05, 0) is 17.7 Å². The number of aliphatic hydroxyl groups excluding tert-OH is 1. The molecule has 1 heterocycles. The molecule has 0 amide bonds. The molecule has 1 N–H and O–H groups in total. The third-order valence-corrected chi connectivity index (χ3v) is 3.07. The van der Waals surface area contributed by atoms with E-state index in [1.54, 1.807) is 0 Å². The van der Waals surface area contributed by atoms with Gasteiger partial charge in [0.15, 0.2) is 11.5 Å². The number of oxazole rings is 1. The highest BCUT2D eigenvalue weighted by Gasteiger charge is 2.20. The average Bonchev–Trinajstić information content (AvgIpc) is 2.71. The van der Waals surface area contributed by atoms with Gasteiger partial charge in [-0.2, -0.15) is 0 Å². The van der Waals surface area contributed by atoms with Crippen molar-refractivity contribution in [3.05, 3.63) is 29.7 Å². The maximum Gasteiger partial charge on any atom is 0.198 e. The number of nitrogens with zero attached hydrogens (tertiary/aromatic N) is 1. The highest BCUT2D eigenvalue weighted by atomic mass is 16.3. The van der Waals surface area contributed by atoms with Gasteiger partial charge in [-0.25, -0.2) is 4.98 Å². The van der Waals surface area contributed by atoms with Gasteiger partial charge in [0.2, 0.25) is 0 Å². The molecule has 0 bridgehead atoms. The number of benzene rings is 1. The number of hydrogen-bond donors (Lipinski definition) is 1. The summed E-state index contributed by atoms with van der Waals surface area (Å²) < 4.78 is 5.66. The fourth-order valence-electron chi connectivity index (χ4n) is 1.70. The largest absolute Gasteiger partial charge is 0.440 e. The SMILES string of the molecule is CC(C)c1nc2cc(C(C)(C)CO)ccc2o1. The Hall–Kier alpha value is -1.35. The molecule has 0 saturated carbocycles. The normalized spacial score (nSPS) is 12.6. The fraction of sp³-hybridized carbons (Fsp3) is 0.500. The Bertz CT molecular complexity index is 526. The van der Waals surface area contributed by atoms with Gasteiger partial charge >= 0.3 is 0 Å². The van der Waals surface area contributed by atoms with Crippen LogP contribution in [0.25, 0.3) is 11.1 Å². The van der Waals surface area contributed by atoms with E-state index in [-0.39, 0.29) is 17.9 Å². The predicted molar refractivity (Wildman–Crippen MR) is 68.2 cm³/mol. The number of aliphatic hydroxyl groups is 1. The second-order valence-corrected chi connectivity index (χ2v) is 5.43. The molecule has 2 rings (SSSR count). The van der Waals surface area contributed by atoms with E-state index in [4.69, 9.17) is 4.42 Å². The van der Waals surface area contributed by atoms with E-state index < -0.39 is 0 Å². The van der Waals surface area contributed by atoms with Crippen LogP contribution >= 0.6 is 0 Å². The molecule has 0 aliphatic carbocycles. The Morgan fingerprint density at radius 2 is 2.06 bits per heavy atom. The van der Waals surface area contributed by atoms with Gasteiger partial charge in [0.25, 0.3) is 0 Å². The van der Waals surface area contributed by atoms with Crippen molar-refractivity contribution in [1.82, 2.24) is 4.98 Å². The molecule has 0 aliphatic heterocycles. The molecule has 1 aromatic carbocycles. The zero-order chi connectivity index (χ0) is 12.6. The lowest BCUT2D eigenvalue weighted by molar-refractivity contribution is 0.218. The van der Waals surface area contributed by atoms with Crippen LogP contribution in [0.15, 0.2) is 22.6 Å². The number of fused-ring (bicyclic) bond motifs is 1. The van der Waals surface area contributed by atoms with Gasteiger partial charge in [-0.15, -0.1) is 0 Å². The van der Waals surface area contributed by atoms with E-state index in [0.717, 1.165) is 22.6 Å². The summed E-state index contributed by atoms with van der Waals surface area (Å²) in [5.74, 6) is 1.05. The van der Waals surface area contributed by atoms with E-state index in [1.165, 1.54) is 0 Å². The minimum atomic E-state index is -0.245. The molecule has 1 aromatic heterocycles. The van der Waals surface area contributed by atoms with Crippen molar-refractivity contribution in [1.29, 1.82) is 0 Å². The predicted octanol–water partition coefficient (Wildman–Crippen LogP) is 3.22. The highest BCUT2D eigenvalue weighted by molar-refractivity contribution is 5.73. The quantitative estimate of drug-likeness (QED) is 0.885. The fourth-order valence-corrected chi connectivity index (χ4v) is 1.70. The van der Waals surface area contributed by atoms with E-state index in [1.807, 2.05) is 32.0 Å². The van der Waals surface area contributed by atoms with Crippen LogP contribution in [-0.4, -0.2) is 16.7 Å². The summed E-state index contributed by atoms with van der Waals surface area (Å²) in [6.07, 6.45) is 0. The van der Waals surface area contributed by atoms with Crippen LogP contribution in [-0.2, 0) is 5.41 Å². The molecule has 3 heteroatoms. The summed E-state index contributed by atoms with van der Waals surface area (Å²) in [6.45, 7) is 8.26. The van der Waals surface area contributed by atoms with E-state index in [0.29, 0.717) is 0 Å². The molecule has 92 valence electrons. The van der Waals surface area contributed by atoms with Crippen molar-refractivity contribution < 1.29 is 9.52 Å². The van der Waals surface area contributed by atoms with Crippen LogP contribution in [0.1, 0.15) is 45.1 Å². The lowest BCUT2D eigenvalue weighted by Gasteiger charge is -2.21. The summed E-state index contributed by atoms with van der Waals surface area (Å²) >= 11 is 0. The summed E-state index contributed by atoms with van der Waals surface area (Å²) in [5.41, 5.74) is 2.51. The first kappa shape index (κ1) is 12.1. The molecule has 17 heavy (non-hydrogen) atoms. The van der Waals surface area contributed by atoms with E-state index in [2.05, 4.69) is 18.8 Å². The second kappa shape index (κ2) is 4.15. The first-order valence-corrected chi connectivity index (χ1v) is 5.96. The van der Waals surface area contributed by atoms with Crippen LogP contribution in [0.5, 0.6) is 0 Å². The van der Waals surface area contributed by atoms with Crippen LogP contribution in [0.2, 0.25) is 0 Å². The summed E-state index contributed by atoms with van der Waals surface area (Å²) in [6, 6.07) is 5.93. The maximum atomic E-state index is 9.37. The first-order valence-electron chi connectivity index (χ1n) is 5.96. The molecule has 0 aliphatic rings. The molecular formula is C14H19NO2. The van der Waals surface area contributed by atoms with Gasteiger partial charge in [0.1, 0.15) is 5.52 Å². The molecule has 2 aromatic rings. The monoisotopic (exact) mass is 233 g/mol. The topological polar surface area (TPSA) is 46.3 Å². The molecular weight excluding hydrogens is 214 g/mol. The van der Waals surface area contributed by atoms with Crippen molar-refractivity contribution >= 4 is 11.1 Å². The molecule has 0 spiro atoms. The second-order valence-electron chi connectivity index (χ2n) is 5.43. The minimum Gasteiger partial charge on any atom is -0.440 e. The Kier molecular flexibility index (Phi) is 2.96. The summed E-state index contributed by atoms with van der Waals surface area (Å²) in [4.78, 5) is 4.47. The molecule has 0 atom stereocenters. The molecule has 0 fully saturated rings. The molecule has 0 saturated heterocycles. The Labute approximate surface area is 101 Å². The number of rotatable bonds is 3. The third kappa shape index (κ3) is 2.20. The zero-order valence-corrected chi connectivity index (χ0v) is 10.8. The van der Waals surface area contributed by atoms with Gasteiger partial charge < -0.3 is 9.52 Å². The van der Waals surface area contributed by atoms with Gasteiger partial charge in [0, 0.05) is 11.3 Å². The van der Waals surface area contributed by atoms with Crippen LogP contribution < -0.4 is 0 Å². The Balaban J connectivity index is 2.50.